The van der Waals surface area contributed by atoms with Crippen molar-refractivity contribution in [3.05, 3.63) is 27.2 Å². The molecule has 24 heavy (non-hydrogen) atoms. The van der Waals surface area contributed by atoms with Crippen molar-refractivity contribution in [2.75, 3.05) is 13.2 Å². The summed E-state index contributed by atoms with van der Waals surface area (Å²) in [5, 5.41) is -0.0312. The Labute approximate surface area is 146 Å². The van der Waals surface area contributed by atoms with Crippen LogP contribution in [0.15, 0.2) is 11.6 Å². The predicted molar refractivity (Wildman–Crippen MR) is 82.7 cm³/mol. The summed E-state index contributed by atoms with van der Waals surface area (Å²) in [4.78, 5) is 11.9. The van der Waals surface area contributed by atoms with E-state index in [1.54, 1.807) is 6.92 Å². The standard InChI is InChI=1S/C15H13Cl2F3O4/c1-3-22-12-9(16)6-10-7(11(12)17)5-8(14(21)23-4-2)13(24-10)15(18,19)20/h5-6,13H,3-4H2,1-2H3. The molecule has 2 rings (SSSR count). The summed E-state index contributed by atoms with van der Waals surface area (Å²) < 4.78 is 54.6. The van der Waals surface area contributed by atoms with Crippen LogP contribution in [0.4, 0.5) is 13.2 Å². The topological polar surface area (TPSA) is 44.8 Å². The van der Waals surface area contributed by atoms with Crippen LogP contribution in [-0.2, 0) is 9.53 Å². The molecule has 0 saturated heterocycles. The number of benzene rings is 1. The fraction of sp³-hybridized carbons (Fsp3) is 0.400. The third-order valence-corrected chi connectivity index (χ3v) is 3.76. The Bertz CT molecular complexity index is 686. The van der Waals surface area contributed by atoms with Crippen molar-refractivity contribution < 1.29 is 32.2 Å². The van der Waals surface area contributed by atoms with Gasteiger partial charge in [-0.1, -0.05) is 23.2 Å². The molecule has 0 spiro atoms. The van der Waals surface area contributed by atoms with Gasteiger partial charge in [-0.15, -0.1) is 0 Å². The third-order valence-electron chi connectivity index (χ3n) is 3.10. The van der Waals surface area contributed by atoms with Crippen LogP contribution in [0, 0.1) is 0 Å². The summed E-state index contributed by atoms with van der Waals surface area (Å²) in [7, 11) is 0. The van der Waals surface area contributed by atoms with Crippen LogP contribution in [0.1, 0.15) is 19.4 Å². The van der Waals surface area contributed by atoms with E-state index >= 15 is 0 Å². The van der Waals surface area contributed by atoms with E-state index in [2.05, 4.69) is 4.74 Å². The maximum Gasteiger partial charge on any atom is 0.430 e. The van der Waals surface area contributed by atoms with E-state index in [1.165, 1.54) is 13.0 Å². The SMILES string of the molecule is CCOC(=O)C1=Cc2c(cc(Cl)c(OCC)c2Cl)OC1C(F)(F)F. The smallest absolute Gasteiger partial charge is 0.430 e. The molecule has 0 aromatic heterocycles. The highest BCUT2D eigenvalue weighted by atomic mass is 35.5. The zero-order chi connectivity index (χ0) is 18.1. The highest BCUT2D eigenvalue weighted by Gasteiger charge is 2.49. The van der Waals surface area contributed by atoms with Gasteiger partial charge >= 0.3 is 12.1 Å². The lowest BCUT2D eigenvalue weighted by molar-refractivity contribution is -0.187. The van der Waals surface area contributed by atoms with Crippen LogP contribution < -0.4 is 9.47 Å². The number of alkyl halides is 3. The minimum Gasteiger partial charge on any atom is -0.491 e. The fourth-order valence-electron chi connectivity index (χ4n) is 2.15. The molecule has 1 heterocycles. The molecule has 132 valence electrons. The van der Waals surface area contributed by atoms with Gasteiger partial charge in [-0.05, 0) is 19.9 Å². The lowest BCUT2D eigenvalue weighted by atomic mass is 10.0. The Balaban J connectivity index is 2.61. The molecule has 1 unspecified atom stereocenters. The van der Waals surface area contributed by atoms with E-state index in [0.717, 1.165) is 6.08 Å². The summed E-state index contributed by atoms with van der Waals surface area (Å²) in [6.45, 7) is 3.35. The first-order valence-electron chi connectivity index (χ1n) is 6.97. The molecule has 0 radical (unpaired) electrons. The maximum absolute atomic E-state index is 13.2. The van der Waals surface area contributed by atoms with E-state index in [1.807, 2.05) is 0 Å². The lowest BCUT2D eigenvalue weighted by Gasteiger charge is -2.28. The summed E-state index contributed by atoms with van der Waals surface area (Å²) in [5.74, 6) is -1.22. The third kappa shape index (κ3) is 3.57. The molecule has 0 fully saturated rings. The number of fused-ring (bicyclic) bond motifs is 1. The molecule has 1 aromatic rings. The largest absolute Gasteiger partial charge is 0.491 e. The fourth-order valence-corrected chi connectivity index (χ4v) is 2.75. The maximum atomic E-state index is 13.2. The average Bonchev–Trinajstić information content (AvgIpc) is 2.49. The zero-order valence-corrected chi connectivity index (χ0v) is 14.2. The van der Waals surface area contributed by atoms with Gasteiger partial charge in [0.05, 0.1) is 28.8 Å². The first-order chi connectivity index (χ1) is 11.2. The van der Waals surface area contributed by atoms with Crippen molar-refractivity contribution in [2.24, 2.45) is 0 Å². The number of rotatable bonds is 4. The second-order valence-corrected chi connectivity index (χ2v) is 5.49. The molecule has 4 nitrogen and oxygen atoms in total. The number of carbonyl (C=O) groups excluding carboxylic acids is 1. The van der Waals surface area contributed by atoms with Gasteiger partial charge in [0.25, 0.3) is 0 Å². The normalized spacial score (nSPS) is 16.8. The number of esters is 1. The Kier molecular flexibility index (Phi) is 5.55. The molecular formula is C15H13Cl2F3O4. The van der Waals surface area contributed by atoms with Gasteiger partial charge in [0.2, 0.25) is 6.10 Å². The number of hydrogen-bond acceptors (Lipinski definition) is 4. The highest BCUT2D eigenvalue weighted by Crippen LogP contribution is 2.46. The van der Waals surface area contributed by atoms with Gasteiger partial charge in [0.1, 0.15) is 5.75 Å². The van der Waals surface area contributed by atoms with Crippen LogP contribution in [0.2, 0.25) is 10.0 Å². The quantitative estimate of drug-likeness (QED) is 0.708. The molecule has 1 aromatic carbocycles. The lowest BCUT2D eigenvalue weighted by Crippen LogP contribution is -2.40. The number of halogens is 5. The minimum atomic E-state index is -4.81. The van der Waals surface area contributed by atoms with Crippen molar-refractivity contribution in [2.45, 2.75) is 26.1 Å². The molecule has 0 bridgehead atoms. The molecule has 1 atom stereocenters. The van der Waals surface area contributed by atoms with E-state index in [0.29, 0.717) is 0 Å². The van der Waals surface area contributed by atoms with E-state index < -0.39 is 23.8 Å². The first kappa shape index (κ1) is 18.7. The number of ether oxygens (including phenoxy) is 3. The predicted octanol–water partition coefficient (Wildman–Crippen LogP) is 4.66. The Morgan fingerprint density at radius 2 is 1.96 bits per heavy atom. The molecular weight excluding hydrogens is 372 g/mol. The monoisotopic (exact) mass is 384 g/mol. The molecule has 0 saturated carbocycles. The molecule has 0 aliphatic carbocycles. The molecule has 1 aliphatic rings. The summed E-state index contributed by atoms with van der Waals surface area (Å²) in [6.07, 6.45) is -6.28. The number of carbonyl (C=O) groups is 1. The van der Waals surface area contributed by atoms with E-state index in [9.17, 15) is 18.0 Å². The van der Waals surface area contributed by atoms with E-state index in [4.69, 9.17) is 32.7 Å². The van der Waals surface area contributed by atoms with E-state index in [-0.39, 0.29) is 40.3 Å². The van der Waals surface area contributed by atoms with Crippen molar-refractivity contribution in [3.8, 4) is 11.5 Å². The minimum absolute atomic E-state index is 0.00880. The summed E-state index contributed by atoms with van der Waals surface area (Å²) in [5.41, 5.74) is -0.614. The van der Waals surface area contributed by atoms with Gasteiger partial charge < -0.3 is 14.2 Å². The van der Waals surface area contributed by atoms with Crippen LogP contribution in [0.5, 0.6) is 11.5 Å². The second-order valence-electron chi connectivity index (χ2n) is 4.71. The Hall–Kier alpha value is -1.60. The van der Waals surface area contributed by atoms with Gasteiger partial charge in [-0.2, -0.15) is 13.2 Å². The van der Waals surface area contributed by atoms with Gasteiger partial charge in [-0.25, -0.2) is 4.79 Å². The zero-order valence-electron chi connectivity index (χ0n) is 12.7. The Morgan fingerprint density at radius 3 is 2.50 bits per heavy atom. The van der Waals surface area contributed by atoms with Crippen LogP contribution in [-0.4, -0.2) is 31.5 Å². The molecule has 1 aliphatic heterocycles. The Morgan fingerprint density at radius 1 is 1.29 bits per heavy atom. The van der Waals surface area contributed by atoms with Gasteiger partial charge in [-0.3, -0.25) is 0 Å². The molecule has 9 heteroatoms. The molecule has 0 amide bonds. The summed E-state index contributed by atoms with van der Waals surface area (Å²) in [6, 6.07) is 1.17. The van der Waals surface area contributed by atoms with Gasteiger partial charge in [0.15, 0.2) is 5.75 Å². The average molecular weight is 385 g/mol. The second kappa shape index (κ2) is 7.11. The van der Waals surface area contributed by atoms with Crippen molar-refractivity contribution >= 4 is 35.2 Å². The van der Waals surface area contributed by atoms with Gasteiger partial charge in [0, 0.05) is 11.6 Å². The highest BCUT2D eigenvalue weighted by molar-refractivity contribution is 6.38. The van der Waals surface area contributed by atoms with Crippen molar-refractivity contribution in [1.29, 1.82) is 0 Å². The first-order valence-corrected chi connectivity index (χ1v) is 7.73. The number of hydrogen-bond donors (Lipinski definition) is 0. The van der Waals surface area contributed by atoms with Crippen LogP contribution >= 0.6 is 23.2 Å². The van der Waals surface area contributed by atoms with Crippen LogP contribution in [0.25, 0.3) is 6.08 Å². The van der Waals surface area contributed by atoms with Crippen molar-refractivity contribution in [3.63, 3.8) is 0 Å². The molecule has 0 N–H and O–H groups in total. The van der Waals surface area contributed by atoms with Crippen molar-refractivity contribution in [1.82, 2.24) is 0 Å². The van der Waals surface area contributed by atoms with Crippen LogP contribution in [0.3, 0.4) is 0 Å². The summed E-state index contributed by atoms with van der Waals surface area (Å²) >= 11 is 12.1.